The summed E-state index contributed by atoms with van der Waals surface area (Å²) >= 11 is 0. The molecule has 0 heterocycles. The van der Waals surface area contributed by atoms with Crippen molar-refractivity contribution in [1.29, 1.82) is 0 Å². The predicted octanol–water partition coefficient (Wildman–Crippen LogP) is 1.18. The summed E-state index contributed by atoms with van der Waals surface area (Å²) in [5.74, 6) is 0. The highest BCUT2D eigenvalue weighted by atomic mass is 35.5. The lowest BCUT2D eigenvalue weighted by Gasteiger charge is -2.21. The van der Waals surface area contributed by atoms with Gasteiger partial charge in [-0.25, -0.2) is 0 Å². The summed E-state index contributed by atoms with van der Waals surface area (Å²) in [5, 5.41) is 19.5. The van der Waals surface area contributed by atoms with Crippen LogP contribution in [0, 0.1) is 10.1 Å². The number of benzene rings is 1. The molecule has 0 aliphatic heterocycles. The topological polar surface area (TPSA) is 89.4 Å². The number of non-ortho nitro benzene ring substituents is 1. The van der Waals surface area contributed by atoms with Crippen molar-refractivity contribution in [3.05, 3.63) is 39.9 Å². The molecule has 0 aliphatic rings. The van der Waals surface area contributed by atoms with Crippen molar-refractivity contribution in [1.82, 2.24) is 0 Å². The molecule has 5 nitrogen and oxygen atoms in total. The quantitative estimate of drug-likeness (QED) is 0.605. The molecule has 0 saturated carbocycles. The summed E-state index contributed by atoms with van der Waals surface area (Å²) in [6.07, 6.45) is 0. The molecule has 1 aromatic carbocycles. The van der Waals surface area contributed by atoms with Gasteiger partial charge in [-0.05, 0) is 12.5 Å². The molecule has 0 radical (unpaired) electrons. The Morgan fingerprint density at radius 3 is 2.67 bits per heavy atom. The second-order valence-electron chi connectivity index (χ2n) is 3.38. The number of hydrogen-bond acceptors (Lipinski definition) is 4. The highest BCUT2D eigenvalue weighted by Gasteiger charge is 2.21. The number of rotatable bonds is 3. The van der Waals surface area contributed by atoms with Gasteiger partial charge >= 0.3 is 0 Å². The molecule has 0 fully saturated rings. The summed E-state index contributed by atoms with van der Waals surface area (Å²) < 4.78 is 0. The zero-order valence-electron chi connectivity index (χ0n) is 8.21. The number of halogens is 1. The Labute approximate surface area is 93.5 Å². The van der Waals surface area contributed by atoms with Crippen LogP contribution in [0.2, 0.25) is 0 Å². The summed E-state index contributed by atoms with van der Waals surface area (Å²) in [7, 11) is 0. The van der Waals surface area contributed by atoms with E-state index < -0.39 is 10.5 Å². The molecule has 1 unspecified atom stereocenters. The average Bonchev–Trinajstić information content (AvgIpc) is 2.18. The minimum absolute atomic E-state index is 0. The van der Waals surface area contributed by atoms with Gasteiger partial charge in [0.15, 0.2) is 0 Å². The molecule has 0 aromatic heterocycles. The molecule has 1 rings (SSSR count). The molecule has 1 atom stereocenters. The van der Waals surface area contributed by atoms with Gasteiger partial charge in [0, 0.05) is 12.1 Å². The zero-order valence-corrected chi connectivity index (χ0v) is 9.03. The average molecular weight is 233 g/mol. The lowest BCUT2D eigenvalue weighted by molar-refractivity contribution is -0.385. The molecule has 84 valence electrons. The van der Waals surface area contributed by atoms with E-state index in [1.807, 2.05) is 0 Å². The zero-order chi connectivity index (χ0) is 10.8. The molecular formula is C9H13ClN2O3. The fourth-order valence-corrected chi connectivity index (χ4v) is 1.07. The molecular weight excluding hydrogens is 220 g/mol. The van der Waals surface area contributed by atoms with Crippen LogP contribution in [0.1, 0.15) is 12.5 Å². The smallest absolute Gasteiger partial charge is 0.269 e. The van der Waals surface area contributed by atoms with Crippen molar-refractivity contribution in [2.75, 3.05) is 6.61 Å². The number of nitro benzene ring substituents is 1. The van der Waals surface area contributed by atoms with Gasteiger partial charge in [-0.3, -0.25) is 10.1 Å². The van der Waals surface area contributed by atoms with E-state index in [4.69, 9.17) is 10.8 Å². The monoisotopic (exact) mass is 232 g/mol. The van der Waals surface area contributed by atoms with E-state index in [-0.39, 0.29) is 24.7 Å². The third-order valence-corrected chi connectivity index (χ3v) is 2.04. The largest absolute Gasteiger partial charge is 0.394 e. The lowest BCUT2D eigenvalue weighted by Crippen LogP contribution is -2.36. The molecule has 0 saturated heterocycles. The van der Waals surface area contributed by atoms with Crippen LogP contribution in [-0.4, -0.2) is 16.6 Å². The molecule has 0 spiro atoms. The van der Waals surface area contributed by atoms with Gasteiger partial charge in [0.05, 0.1) is 17.1 Å². The minimum atomic E-state index is -0.938. The Kier molecular flexibility index (Phi) is 4.67. The second kappa shape index (κ2) is 5.06. The summed E-state index contributed by atoms with van der Waals surface area (Å²) in [4.78, 5) is 9.98. The number of hydrogen-bond donors (Lipinski definition) is 2. The van der Waals surface area contributed by atoms with Gasteiger partial charge in [-0.15, -0.1) is 12.4 Å². The highest BCUT2D eigenvalue weighted by Crippen LogP contribution is 2.21. The molecule has 6 heteroatoms. The Hall–Kier alpha value is -1.17. The van der Waals surface area contributed by atoms with Crippen LogP contribution >= 0.6 is 12.4 Å². The first-order chi connectivity index (χ1) is 6.47. The molecule has 1 aromatic rings. The van der Waals surface area contributed by atoms with Crippen LogP contribution in [0.3, 0.4) is 0 Å². The maximum Gasteiger partial charge on any atom is 0.269 e. The van der Waals surface area contributed by atoms with Crippen LogP contribution in [0.4, 0.5) is 5.69 Å². The molecule has 0 bridgehead atoms. The fraction of sp³-hybridized carbons (Fsp3) is 0.333. The third kappa shape index (κ3) is 3.16. The Bertz CT molecular complexity index is 355. The van der Waals surface area contributed by atoms with E-state index in [9.17, 15) is 10.1 Å². The van der Waals surface area contributed by atoms with E-state index in [0.717, 1.165) is 0 Å². The Morgan fingerprint density at radius 1 is 1.60 bits per heavy atom. The molecule has 3 N–H and O–H groups in total. The van der Waals surface area contributed by atoms with Crippen molar-refractivity contribution in [2.24, 2.45) is 5.73 Å². The van der Waals surface area contributed by atoms with E-state index in [1.165, 1.54) is 12.1 Å². The van der Waals surface area contributed by atoms with Gasteiger partial charge in [-0.1, -0.05) is 12.1 Å². The second-order valence-corrected chi connectivity index (χ2v) is 3.38. The summed E-state index contributed by atoms with van der Waals surface area (Å²) in [6, 6.07) is 5.96. The van der Waals surface area contributed by atoms with Crippen LogP contribution in [0.15, 0.2) is 24.3 Å². The first-order valence-corrected chi connectivity index (χ1v) is 4.12. The van der Waals surface area contributed by atoms with Crippen LogP contribution in [0.5, 0.6) is 0 Å². The summed E-state index contributed by atoms with van der Waals surface area (Å²) in [5.41, 5.74) is 5.32. The van der Waals surface area contributed by atoms with E-state index in [1.54, 1.807) is 19.1 Å². The highest BCUT2D eigenvalue weighted by molar-refractivity contribution is 5.85. The maximum atomic E-state index is 10.5. The van der Waals surface area contributed by atoms with Crippen molar-refractivity contribution < 1.29 is 10.0 Å². The van der Waals surface area contributed by atoms with Gasteiger partial charge in [0.2, 0.25) is 0 Å². The minimum Gasteiger partial charge on any atom is -0.394 e. The Morgan fingerprint density at radius 2 is 2.20 bits per heavy atom. The predicted molar refractivity (Wildman–Crippen MR) is 59.0 cm³/mol. The van der Waals surface area contributed by atoms with Crippen molar-refractivity contribution in [3.8, 4) is 0 Å². The summed E-state index contributed by atoms with van der Waals surface area (Å²) in [6.45, 7) is 1.36. The van der Waals surface area contributed by atoms with E-state index in [0.29, 0.717) is 5.56 Å². The fourth-order valence-electron chi connectivity index (χ4n) is 1.07. The van der Waals surface area contributed by atoms with Crippen molar-refractivity contribution >= 4 is 18.1 Å². The van der Waals surface area contributed by atoms with Gasteiger partial charge in [0.25, 0.3) is 5.69 Å². The SMILES string of the molecule is CC(N)(CO)c1cccc([N+](=O)[O-])c1.Cl. The van der Waals surface area contributed by atoms with E-state index >= 15 is 0 Å². The first kappa shape index (κ1) is 13.8. The molecule has 0 aliphatic carbocycles. The normalized spacial score (nSPS) is 13.8. The number of aliphatic hydroxyl groups is 1. The standard InChI is InChI=1S/C9H12N2O3.ClH/c1-9(10,6-12)7-3-2-4-8(5-7)11(13)14;/h2-5,12H,6,10H2,1H3;1H. The van der Waals surface area contributed by atoms with Crippen LogP contribution in [0.25, 0.3) is 0 Å². The van der Waals surface area contributed by atoms with Gasteiger partial charge in [-0.2, -0.15) is 0 Å². The van der Waals surface area contributed by atoms with Crippen LogP contribution in [-0.2, 0) is 5.54 Å². The number of nitrogens with two attached hydrogens (primary N) is 1. The van der Waals surface area contributed by atoms with Gasteiger partial charge < -0.3 is 10.8 Å². The van der Waals surface area contributed by atoms with Gasteiger partial charge in [0.1, 0.15) is 0 Å². The number of aliphatic hydroxyl groups excluding tert-OH is 1. The number of nitro groups is 1. The molecule has 15 heavy (non-hydrogen) atoms. The lowest BCUT2D eigenvalue weighted by atomic mass is 9.94. The number of nitrogens with zero attached hydrogens (tertiary/aromatic N) is 1. The van der Waals surface area contributed by atoms with Crippen LogP contribution < -0.4 is 5.73 Å². The Balaban J connectivity index is 0.00000196. The van der Waals surface area contributed by atoms with E-state index in [2.05, 4.69) is 0 Å². The maximum absolute atomic E-state index is 10.5. The molecule has 0 amide bonds. The van der Waals surface area contributed by atoms with Crippen molar-refractivity contribution in [3.63, 3.8) is 0 Å². The van der Waals surface area contributed by atoms with Crippen molar-refractivity contribution in [2.45, 2.75) is 12.5 Å². The third-order valence-electron chi connectivity index (χ3n) is 2.04. The first-order valence-electron chi connectivity index (χ1n) is 4.12.